The van der Waals surface area contributed by atoms with Gasteiger partial charge in [-0.2, -0.15) is 0 Å². The number of hydrogen-bond acceptors (Lipinski definition) is 4. The number of carbonyl (C=O) groups excluding carboxylic acids is 2. The topological polar surface area (TPSA) is 60.9 Å². The number of benzene rings is 3. The van der Waals surface area contributed by atoms with Gasteiger partial charge in [-0.25, -0.2) is 0 Å². The minimum atomic E-state index is -0.755. The first-order valence-electron chi connectivity index (χ1n) is 9.78. The number of Topliss-reactive ketones (excluding diaryl/α,β-unsaturated/α-hetero) is 1. The molecule has 3 aromatic carbocycles. The molecule has 3 aromatic rings. The minimum absolute atomic E-state index is 0.0498. The van der Waals surface area contributed by atoms with E-state index in [2.05, 4.69) is 0 Å². The predicted octanol–water partition coefficient (Wildman–Crippen LogP) is 5.03. The fourth-order valence-corrected chi connectivity index (χ4v) is 3.85. The van der Waals surface area contributed by atoms with Crippen molar-refractivity contribution in [2.24, 2.45) is 0 Å². The highest BCUT2D eigenvalue weighted by Gasteiger charge is 2.46. The molecule has 5 nitrogen and oxygen atoms in total. The summed E-state index contributed by atoms with van der Waals surface area (Å²) in [6.07, 6.45) is 0. The predicted molar refractivity (Wildman–Crippen MR) is 123 cm³/mol. The van der Waals surface area contributed by atoms with Crippen LogP contribution in [0.4, 0.5) is 11.4 Å². The Bertz CT molecular complexity index is 1150. The number of anilines is 2. The van der Waals surface area contributed by atoms with Crippen LogP contribution in [0.3, 0.4) is 0 Å². The molecule has 1 unspecified atom stereocenters. The summed E-state index contributed by atoms with van der Waals surface area (Å²) in [7, 11) is 3.87. The molecule has 1 atom stereocenters. The Balaban J connectivity index is 1.91. The van der Waals surface area contributed by atoms with Crippen LogP contribution < -0.4 is 9.80 Å². The number of hydrogen-bond donors (Lipinski definition) is 1. The minimum Gasteiger partial charge on any atom is -0.507 e. The van der Waals surface area contributed by atoms with E-state index in [9.17, 15) is 14.7 Å². The molecule has 6 heteroatoms. The summed E-state index contributed by atoms with van der Waals surface area (Å²) in [6.45, 7) is 0. The van der Waals surface area contributed by atoms with Crippen molar-refractivity contribution < 1.29 is 14.7 Å². The highest BCUT2D eigenvalue weighted by atomic mass is 35.5. The van der Waals surface area contributed by atoms with Crippen LogP contribution in [0, 0.1) is 0 Å². The highest BCUT2D eigenvalue weighted by Crippen LogP contribution is 2.42. The molecular weight excluding hydrogens is 412 g/mol. The molecular formula is C25H21ClN2O3. The maximum absolute atomic E-state index is 13.1. The number of amides is 1. The third-order valence-corrected chi connectivity index (χ3v) is 5.57. The van der Waals surface area contributed by atoms with Crippen LogP contribution in [0.15, 0.2) is 84.4 Å². The molecule has 1 aliphatic rings. The third kappa shape index (κ3) is 3.80. The fraction of sp³-hybridized carbons (Fsp3) is 0.120. The number of carbonyl (C=O) groups is 2. The van der Waals surface area contributed by atoms with E-state index in [1.165, 1.54) is 4.90 Å². The fourth-order valence-electron chi connectivity index (χ4n) is 3.72. The Morgan fingerprint density at radius 2 is 1.52 bits per heavy atom. The van der Waals surface area contributed by atoms with Crippen LogP contribution in [0.25, 0.3) is 5.76 Å². The zero-order chi connectivity index (χ0) is 22.1. The lowest BCUT2D eigenvalue weighted by Crippen LogP contribution is -2.29. The van der Waals surface area contributed by atoms with E-state index in [0.717, 1.165) is 11.3 Å². The first-order chi connectivity index (χ1) is 14.9. The molecule has 1 N–H and O–H groups in total. The molecule has 1 saturated heterocycles. The molecule has 31 heavy (non-hydrogen) atoms. The maximum Gasteiger partial charge on any atom is 0.300 e. The van der Waals surface area contributed by atoms with Gasteiger partial charge in [0.15, 0.2) is 0 Å². The molecule has 156 valence electrons. The largest absolute Gasteiger partial charge is 0.507 e. The number of aliphatic hydroxyl groups is 1. The van der Waals surface area contributed by atoms with Gasteiger partial charge in [-0.15, -0.1) is 0 Å². The van der Waals surface area contributed by atoms with Gasteiger partial charge in [0.1, 0.15) is 5.76 Å². The number of halogens is 1. The number of nitrogens with zero attached hydrogens (tertiary/aromatic N) is 2. The number of ketones is 1. The molecule has 0 spiro atoms. The summed E-state index contributed by atoms with van der Waals surface area (Å²) in [6, 6.07) is 22.3. The molecule has 4 rings (SSSR count). The summed E-state index contributed by atoms with van der Waals surface area (Å²) < 4.78 is 0. The summed E-state index contributed by atoms with van der Waals surface area (Å²) in [4.78, 5) is 29.6. The van der Waals surface area contributed by atoms with E-state index >= 15 is 0 Å². The lowest BCUT2D eigenvalue weighted by molar-refractivity contribution is -0.132. The van der Waals surface area contributed by atoms with Crippen molar-refractivity contribution >= 4 is 40.4 Å². The summed E-state index contributed by atoms with van der Waals surface area (Å²) >= 11 is 5.97. The van der Waals surface area contributed by atoms with Crippen molar-refractivity contribution in [1.29, 1.82) is 0 Å². The van der Waals surface area contributed by atoms with Gasteiger partial charge in [-0.1, -0.05) is 41.9 Å². The van der Waals surface area contributed by atoms with Gasteiger partial charge in [0.05, 0.1) is 11.6 Å². The third-order valence-electron chi connectivity index (χ3n) is 5.32. The van der Waals surface area contributed by atoms with E-state index in [1.54, 1.807) is 48.5 Å². The second kappa shape index (κ2) is 8.28. The van der Waals surface area contributed by atoms with Crippen LogP contribution in [-0.2, 0) is 9.59 Å². The van der Waals surface area contributed by atoms with E-state index < -0.39 is 17.7 Å². The van der Waals surface area contributed by atoms with Crippen molar-refractivity contribution in [2.75, 3.05) is 23.9 Å². The second-order valence-corrected chi connectivity index (χ2v) is 7.93. The number of rotatable bonds is 4. The highest BCUT2D eigenvalue weighted by molar-refractivity contribution is 6.51. The molecule has 1 aliphatic heterocycles. The molecule has 0 radical (unpaired) electrons. The normalized spacial score (nSPS) is 17.8. The van der Waals surface area contributed by atoms with Crippen molar-refractivity contribution in [3.05, 3.63) is 101 Å². The molecule has 0 saturated carbocycles. The monoisotopic (exact) mass is 432 g/mol. The van der Waals surface area contributed by atoms with Gasteiger partial charge in [0.2, 0.25) is 0 Å². The molecule has 0 bridgehead atoms. The van der Waals surface area contributed by atoms with Gasteiger partial charge in [-0.05, 0) is 54.1 Å². The Kier molecular flexibility index (Phi) is 5.53. The van der Waals surface area contributed by atoms with Crippen LogP contribution in [0.1, 0.15) is 17.2 Å². The molecule has 0 aliphatic carbocycles. The van der Waals surface area contributed by atoms with Gasteiger partial charge in [0, 0.05) is 36.1 Å². The first kappa shape index (κ1) is 20.7. The Morgan fingerprint density at radius 3 is 2.10 bits per heavy atom. The van der Waals surface area contributed by atoms with Crippen LogP contribution in [0.5, 0.6) is 0 Å². The smallest absolute Gasteiger partial charge is 0.300 e. The van der Waals surface area contributed by atoms with E-state index in [4.69, 9.17) is 11.6 Å². The van der Waals surface area contributed by atoms with Gasteiger partial charge < -0.3 is 10.0 Å². The summed E-state index contributed by atoms with van der Waals surface area (Å²) in [5.41, 5.74) is 2.77. The number of aliphatic hydroxyl groups excluding tert-OH is 1. The first-order valence-corrected chi connectivity index (χ1v) is 10.2. The lowest BCUT2D eigenvalue weighted by Gasteiger charge is -2.26. The molecule has 1 amide bonds. The average Bonchev–Trinajstić information content (AvgIpc) is 3.05. The molecule has 1 fully saturated rings. The molecule has 0 aromatic heterocycles. The van der Waals surface area contributed by atoms with Gasteiger partial charge >= 0.3 is 0 Å². The van der Waals surface area contributed by atoms with Crippen molar-refractivity contribution in [1.82, 2.24) is 0 Å². The average molecular weight is 433 g/mol. The number of para-hydroxylation sites is 1. The summed E-state index contributed by atoms with van der Waals surface area (Å²) in [5, 5.41) is 11.6. The van der Waals surface area contributed by atoms with Gasteiger partial charge in [0.25, 0.3) is 11.7 Å². The zero-order valence-corrected chi connectivity index (χ0v) is 17.9. The Labute approximate surface area is 185 Å². The van der Waals surface area contributed by atoms with Crippen LogP contribution in [-0.4, -0.2) is 30.9 Å². The van der Waals surface area contributed by atoms with Crippen LogP contribution in [0.2, 0.25) is 5.02 Å². The van der Waals surface area contributed by atoms with Gasteiger partial charge in [-0.3, -0.25) is 14.5 Å². The van der Waals surface area contributed by atoms with E-state index in [-0.39, 0.29) is 11.3 Å². The van der Waals surface area contributed by atoms with Crippen molar-refractivity contribution in [2.45, 2.75) is 6.04 Å². The quantitative estimate of drug-likeness (QED) is 0.357. The van der Waals surface area contributed by atoms with E-state index in [1.807, 2.05) is 49.3 Å². The lowest BCUT2D eigenvalue weighted by atomic mass is 9.95. The SMILES string of the molecule is CN(C)c1ccc(C2/C(=C(/O)c3ccc(Cl)cc3)C(=O)C(=O)N2c2ccccc2)cc1. The Hall–Kier alpha value is -3.57. The van der Waals surface area contributed by atoms with Crippen molar-refractivity contribution in [3.63, 3.8) is 0 Å². The maximum atomic E-state index is 13.1. The standard InChI is InChI=1S/C25H21ClN2O3/c1-27(2)19-14-10-16(11-15-19)22-21(23(29)17-8-12-18(26)13-9-17)24(30)25(31)28(22)20-6-4-3-5-7-20/h3-15,22,29H,1-2H3/b23-21-. The van der Waals surface area contributed by atoms with Crippen molar-refractivity contribution in [3.8, 4) is 0 Å². The summed E-state index contributed by atoms with van der Waals surface area (Å²) in [5.74, 6) is -1.63. The second-order valence-electron chi connectivity index (χ2n) is 7.50. The Morgan fingerprint density at radius 1 is 0.903 bits per heavy atom. The zero-order valence-electron chi connectivity index (χ0n) is 17.1. The van der Waals surface area contributed by atoms with E-state index in [0.29, 0.717) is 16.3 Å². The van der Waals surface area contributed by atoms with Crippen LogP contribution >= 0.6 is 11.6 Å². The molecule has 1 heterocycles.